The van der Waals surface area contributed by atoms with Gasteiger partial charge in [-0.3, -0.25) is 0 Å². The number of carbonyl (C=O) groups is 1. The topological polar surface area (TPSA) is 114 Å². The van der Waals surface area contributed by atoms with Gasteiger partial charge in [0.25, 0.3) is 0 Å². The van der Waals surface area contributed by atoms with E-state index < -0.39 is 0 Å². The fourth-order valence-corrected chi connectivity index (χ4v) is 4.56. The second kappa shape index (κ2) is 12.7. The lowest BCUT2D eigenvalue weighted by Gasteiger charge is -2.14. The number of nitrogens with zero attached hydrogens (tertiary/aromatic N) is 3. The second-order valence-corrected chi connectivity index (χ2v) is 9.53. The number of carbonyl (C=O) groups excluding carboxylic acids is 1. The number of hydrogen-bond acceptors (Lipinski definition) is 8. The van der Waals surface area contributed by atoms with Gasteiger partial charge in [0, 0.05) is 32.0 Å². The Hall–Kier alpha value is -3.69. The molecule has 0 spiro atoms. The highest BCUT2D eigenvalue weighted by molar-refractivity contribution is 6.06. The van der Waals surface area contributed by atoms with E-state index in [1.807, 2.05) is 51.1 Å². The van der Waals surface area contributed by atoms with Crippen LogP contribution in [-0.4, -0.2) is 53.5 Å². The molecule has 0 aliphatic carbocycles. The number of benzene rings is 2. The lowest BCUT2D eigenvalue weighted by Crippen LogP contribution is -2.20. The number of imidazole rings is 1. The van der Waals surface area contributed by atoms with E-state index in [-0.39, 0.29) is 18.7 Å². The van der Waals surface area contributed by atoms with Gasteiger partial charge in [0.2, 0.25) is 0 Å². The largest absolute Gasteiger partial charge is 0.482 e. The smallest absolute Gasteiger partial charge is 0.344 e. The van der Waals surface area contributed by atoms with Crippen molar-refractivity contribution in [2.24, 2.45) is 0 Å². The summed E-state index contributed by atoms with van der Waals surface area (Å²) in [6.45, 7) is 8.42. The number of anilines is 1. The predicted octanol–water partition coefficient (Wildman–Crippen LogP) is 4.17. The monoisotopic (exact) mass is 519 g/mol. The highest BCUT2D eigenvalue weighted by Crippen LogP contribution is 2.29. The number of nitrogens with two attached hydrogens (primary N) is 1. The van der Waals surface area contributed by atoms with Crippen LogP contribution in [0.4, 0.5) is 5.82 Å². The number of aryl methyl sites for hydroxylation is 1. The molecule has 2 heterocycles. The third-order valence-electron chi connectivity index (χ3n) is 6.38. The van der Waals surface area contributed by atoms with Crippen molar-refractivity contribution in [3.8, 4) is 5.75 Å². The highest BCUT2D eigenvalue weighted by Gasteiger charge is 2.17. The number of esters is 1. The van der Waals surface area contributed by atoms with Gasteiger partial charge in [0.05, 0.1) is 23.7 Å². The van der Waals surface area contributed by atoms with Crippen LogP contribution in [-0.2, 0) is 33.8 Å². The summed E-state index contributed by atoms with van der Waals surface area (Å²) in [6, 6.07) is 13.9. The molecule has 4 rings (SSSR count). The van der Waals surface area contributed by atoms with Gasteiger partial charge in [-0.15, -0.1) is 0 Å². The molecule has 0 saturated carbocycles. The maximum Gasteiger partial charge on any atom is 0.344 e. The maximum atomic E-state index is 11.8. The van der Waals surface area contributed by atoms with Crippen LogP contribution in [0.25, 0.3) is 21.9 Å². The molecule has 9 heteroatoms. The molecule has 4 aromatic rings. The highest BCUT2D eigenvalue weighted by atomic mass is 16.6. The Morgan fingerprint density at radius 2 is 1.95 bits per heavy atom. The van der Waals surface area contributed by atoms with Crippen LogP contribution in [0.3, 0.4) is 0 Å². The number of nitrogen functional groups attached to an aromatic ring is 1. The van der Waals surface area contributed by atoms with E-state index in [4.69, 9.17) is 24.9 Å². The van der Waals surface area contributed by atoms with E-state index in [1.165, 1.54) is 0 Å². The number of hydrogen-bond donors (Lipinski definition) is 2. The van der Waals surface area contributed by atoms with Gasteiger partial charge in [-0.05, 0) is 57.0 Å². The summed E-state index contributed by atoms with van der Waals surface area (Å²) in [4.78, 5) is 21.2. The first kappa shape index (κ1) is 27.3. The number of ether oxygens (including phenoxy) is 3. The van der Waals surface area contributed by atoms with Gasteiger partial charge >= 0.3 is 5.97 Å². The minimum Gasteiger partial charge on any atom is -0.482 e. The Morgan fingerprint density at radius 1 is 1.13 bits per heavy atom. The molecular weight excluding hydrogens is 482 g/mol. The molecule has 0 aliphatic heterocycles. The van der Waals surface area contributed by atoms with E-state index >= 15 is 0 Å². The van der Waals surface area contributed by atoms with E-state index in [0.29, 0.717) is 31.1 Å². The zero-order valence-electron chi connectivity index (χ0n) is 22.6. The number of nitrogens with one attached hydrogen (secondary N) is 1. The molecule has 0 fully saturated rings. The van der Waals surface area contributed by atoms with Crippen molar-refractivity contribution in [2.75, 3.05) is 32.6 Å². The normalized spacial score (nSPS) is 11.5. The zero-order chi connectivity index (χ0) is 27.1. The van der Waals surface area contributed by atoms with Crippen LogP contribution < -0.4 is 15.8 Å². The van der Waals surface area contributed by atoms with E-state index in [9.17, 15) is 4.79 Å². The van der Waals surface area contributed by atoms with Crippen molar-refractivity contribution >= 4 is 33.7 Å². The van der Waals surface area contributed by atoms with E-state index in [0.717, 1.165) is 58.4 Å². The number of aromatic nitrogens is 3. The summed E-state index contributed by atoms with van der Waals surface area (Å²) in [5, 5.41) is 4.59. The molecule has 2 aromatic carbocycles. The predicted molar refractivity (Wildman–Crippen MR) is 149 cm³/mol. The van der Waals surface area contributed by atoms with Gasteiger partial charge in [-0.2, -0.15) is 0 Å². The molecule has 0 saturated heterocycles. The Kier molecular flexibility index (Phi) is 9.15. The first-order chi connectivity index (χ1) is 18.4. The lowest BCUT2D eigenvalue weighted by molar-refractivity contribution is -0.149. The standard InChI is InChI=1S/C29H37N5O4/c1-19(2)38-26(35)18-37-24-12-7-9-21(20(24)3)17-31-14-8-15-34-25(13-16-36-4)33-27-28(34)22-10-5-6-11-23(22)32-29(27)30/h5-7,9-12,19,31H,8,13-18H2,1-4H3,(H2,30,32). The molecule has 202 valence electrons. The number of pyridine rings is 1. The van der Waals surface area contributed by atoms with Crippen LogP contribution >= 0.6 is 0 Å². The van der Waals surface area contributed by atoms with E-state index in [2.05, 4.69) is 27.0 Å². The van der Waals surface area contributed by atoms with Gasteiger partial charge in [-0.25, -0.2) is 14.8 Å². The average Bonchev–Trinajstić information content (AvgIpc) is 3.26. The Labute approximate surface area is 223 Å². The molecule has 2 aromatic heterocycles. The maximum absolute atomic E-state index is 11.8. The quantitative estimate of drug-likeness (QED) is 0.200. The second-order valence-electron chi connectivity index (χ2n) is 9.53. The van der Waals surface area contributed by atoms with E-state index in [1.54, 1.807) is 7.11 Å². The van der Waals surface area contributed by atoms with Crippen LogP contribution in [0.1, 0.15) is 37.2 Å². The number of fused-ring (bicyclic) bond motifs is 3. The molecular formula is C29H37N5O4. The van der Waals surface area contributed by atoms with Gasteiger partial charge in [0.15, 0.2) is 12.4 Å². The molecule has 0 amide bonds. The Bertz CT molecular complexity index is 1400. The van der Waals surface area contributed by atoms with Crippen molar-refractivity contribution in [3.63, 3.8) is 0 Å². The first-order valence-corrected chi connectivity index (χ1v) is 13.0. The first-order valence-electron chi connectivity index (χ1n) is 13.0. The number of methoxy groups -OCH3 is 1. The summed E-state index contributed by atoms with van der Waals surface area (Å²) < 4.78 is 18.4. The summed E-state index contributed by atoms with van der Waals surface area (Å²) in [7, 11) is 1.70. The van der Waals surface area contributed by atoms with Crippen LogP contribution in [0.2, 0.25) is 0 Å². The molecule has 0 bridgehead atoms. The van der Waals surface area contributed by atoms with Crippen molar-refractivity contribution < 1.29 is 19.0 Å². The third-order valence-corrected chi connectivity index (χ3v) is 6.38. The molecule has 3 N–H and O–H groups in total. The van der Waals surface area contributed by atoms with Crippen LogP contribution in [0, 0.1) is 6.92 Å². The number of rotatable bonds is 13. The Balaban J connectivity index is 1.41. The summed E-state index contributed by atoms with van der Waals surface area (Å²) in [5.74, 6) is 1.72. The van der Waals surface area contributed by atoms with Crippen molar-refractivity contribution in [1.82, 2.24) is 19.9 Å². The van der Waals surface area contributed by atoms with Gasteiger partial charge in [-0.1, -0.05) is 30.3 Å². The SMILES string of the molecule is COCCc1nc2c(N)nc3ccccc3c2n1CCCNCc1cccc(OCC(=O)OC(C)C)c1C. The van der Waals surface area contributed by atoms with Crippen LogP contribution in [0.15, 0.2) is 42.5 Å². The molecule has 0 radical (unpaired) electrons. The van der Waals surface area contributed by atoms with Gasteiger partial charge < -0.3 is 29.8 Å². The van der Waals surface area contributed by atoms with Crippen LogP contribution in [0.5, 0.6) is 5.75 Å². The summed E-state index contributed by atoms with van der Waals surface area (Å²) >= 11 is 0. The van der Waals surface area contributed by atoms with Crippen molar-refractivity contribution in [1.29, 1.82) is 0 Å². The molecule has 0 aliphatic rings. The van der Waals surface area contributed by atoms with Gasteiger partial charge in [0.1, 0.15) is 17.1 Å². The summed E-state index contributed by atoms with van der Waals surface area (Å²) in [5.41, 5.74) is 11.1. The van der Waals surface area contributed by atoms with Crippen molar-refractivity contribution in [3.05, 3.63) is 59.4 Å². The minimum atomic E-state index is -0.370. The fraction of sp³-hybridized carbons (Fsp3) is 0.414. The van der Waals surface area contributed by atoms with Crippen molar-refractivity contribution in [2.45, 2.75) is 52.8 Å². The average molecular weight is 520 g/mol. The third kappa shape index (κ3) is 6.41. The lowest BCUT2D eigenvalue weighted by atomic mass is 10.1. The fourth-order valence-electron chi connectivity index (χ4n) is 4.56. The summed E-state index contributed by atoms with van der Waals surface area (Å²) in [6.07, 6.45) is 1.44. The Morgan fingerprint density at radius 3 is 2.74 bits per heavy atom. The number of para-hydroxylation sites is 1. The minimum absolute atomic E-state index is 0.102. The zero-order valence-corrected chi connectivity index (χ0v) is 22.6. The molecule has 0 unspecified atom stereocenters. The molecule has 38 heavy (non-hydrogen) atoms. The molecule has 9 nitrogen and oxygen atoms in total. The molecule has 0 atom stereocenters.